The summed E-state index contributed by atoms with van der Waals surface area (Å²) in [4.78, 5) is 8.82. The van der Waals surface area contributed by atoms with Crippen LogP contribution in [0.4, 0.5) is 5.69 Å². The number of benzene rings is 2. The number of anilines is 1. The minimum atomic E-state index is 0. The summed E-state index contributed by atoms with van der Waals surface area (Å²) in [7, 11) is 2.05. The lowest BCUT2D eigenvalue weighted by Gasteiger charge is -2.35. The predicted octanol–water partition coefficient (Wildman–Crippen LogP) is 4.46. The topological polar surface area (TPSA) is 31.4 Å². The lowest BCUT2D eigenvalue weighted by molar-refractivity contribution is 0.181. The zero-order valence-corrected chi connectivity index (χ0v) is 20.7. The third kappa shape index (κ3) is 7.55. The Balaban J connectivity index is 0.00000171. The van der Waals surface area contributed by atoms with E-state index in [0.29, 0.717) is 12.6 Å². The van der Waals surface area contributed by atoms with Gasteiger partial charge in [0.25, 0.3) is 0 Å². The Morgan fingerprint density at radius 3 is 2.62 bits per heavy atom. The Morgan fingerprint density at radius 2 is 1.84 bits per heavy atom. The molecule has 32 heavy (non-hydrogen) atoms. The number of piperazine rings is 1. The van der Waals surface area contributed by atoms with Crippen LogP contribution in [-0.2, 0) is 6.42 Å². The Labute approximate surface area is 210 Å². The van der Waals surface area contributed by atoms with Crippen molar-refractivity contribution in [2.75, 3.05) is 44.7 Å². The van der Waals surface area contributed by atoms with Crippen LogP contribution in [0.25, 0.3) is 10.8 Å². The zero-order chi connectivity index (χ0) is 19.9. The zero-order valence-electron chi connectivity index (χ0n) is 18.2. The first kappa shape index (κ1) is 28.0. The number of hydrogen-bond acceptors (Lipinski definition) is 4. The third-order valence-electron chi connectivity index (χ3n) is 5.57. The first-order valence-electron chi connectivity index (χ1n) is 10.3. The molecule has 1 saturated heterocycles. The van der Waals surface area contributed by atoms with Gasteiger partial charge in [0, 0.05) is 38.9 Å². The third-order valence-corrected chi connectivity index (χ3v) is 5.57. The smallest absolute Gasteiger partial charge is 0.0792 e. The van der Waals surface area contributed by atoms with E-state index in [1.807, 2.05) is 12.3 Å². The van der Waals surface area contributed by atoms with Gasteiger partial charge in [0.15, 0.2) is 0 Å². The normalized spacial score (nSPS) is 15.3. The van der Waals surface area contributed by atoms with Gasteiger partial charge in [-0.1, -0.05) is 54.3 Å². The van der Waals surface area contributed by atoms with E-state index in [4.69, 9.17) is 0 Å². The maximum atomic E-state index is 4.17. The molecule has 0 radical (unpaired) electrons. The lowest BCUT2D eigenvalue weighted by atomic mass is 10.00. The lowest BCUT2D eigenvalue weighted by Crippen LogP contribution is -2.52. The molecule has 4 nitrogen and oxygen atoms in total. The molecule has 2 aromatic carbocycles. The van der Waals surface area contributed by atoms with E-state index in [2.05, 4.69) is 87.5 Å². The number of fused-ring (bicyclic) bond motifs is 1. The predicted molar refractivity (Wildman–Crippen MR) is 143 cm³/mol. The van der Waals surface area contributed by atoms with Crippen molar-refractivity contribution in [1.82, 2.24) is 15.2 Å². The van der Waals surface area contributed by atoms with Gasteiger partial charge in [0.2, 0.25) is 0 Å². The first-order valence-corrected chi connectivity index (χ1v) is 10.3. The molecule has 172 valence electrons. The average Bonchev–Trinajstić information content (AvgIpc) is 2.78. The van der Waals surface area contributed by atoms with Gasteiger partial charge in [-0.05, 0) is 34.9 Å². The molecule has 0 saturated carbocycles. The second kappa shape index (κ2) is 14.2. The Kier molecular flexibility index (Phi) is 12.4. The molecule has 1 aliphatic rings. The number of pyridine rings is 1. The van der Waals surface area contributed by atoms with Gasteiger partial charge in [-0.15, -0.1) is 37.2 Å². The Bertz CT molecular complexity index is 1000. The molecule has 0 bridgehead atoms. The van der Waals surface area contributed by atoms with E-state index >= 15 is 0 Å². The summed E-state index contributed by atoms with van der Waals surface area (Å²) < 4.78 is 0. The van der Waals surface area contributed by atoms with Gasteiger partial charge in [-0.2, -0.15) is 0 Å². The molecule has 0 amide bonds. The van der Waals surface area contributed by atoms with Crippen molar-refractivity contribution < 1.29 is 0 Å². The molecule has 0 aliphatic carbocycles. The standard InChI is InChI=1S/C25H28N4.3ClH/c1-28(24-9-6-12-26-19-24)14-4-5-15-29-16-13-27-20-25(29)18-21-10-11-22-7-2-3-8-23(22)17-21;;;/h2-3,6-12,17,19,25,27H,13-16,18,20H2,1H3;3*1H. The summed E-state index contributed by atoms with van der Waals surface area (Å²) in [6.07, 6.45) is 4.72. The Hall–Kier alpha value is -2.00. The molecule has 1 atom stereocenters. The number of nitrogens with zero attached hydrogens (tertiary/aromatic N) is 3. The molecular weight excluding hydrogens is 463 g/mol. The van der Waals surface area contributed by atoms with Crippen LogP contribution in [0.1, 0.15) is 5.56 Å². The summed E-state index contributed by atoms with van der Waals surface area (Å²) >= 11 is 0. The minimum Gasteiger partial charge on any atom is -0.362 e. The molecule has 1 unspecified atom stereocenters. The van der Waals surface area contributed by atoms with Crippen molar-refractivity contribution in [3.05, 3.63) is 72.6 Å². The van der Waals surface area contributed by atoms with Crippen LogP contribution in [0, 0.1) is 11.8 Å². The second-order valence-corrected chi connectivity index (χ2v) is 7.63. The quantitative estimate of drug-likeness (QED) is 0.532. The van der Waals surface area contributed by atoms with Crippen molar-refractivity contribution in [3.8, 4) is 11.8 Å². The van der Waals surface area contributed by atoms with Gasteiger partial charge in [-0.25, -0.2) is 0 Å². The first-order chi connectivity index (χ1) is 14.3. The number of halogens is 3. The van der Waals surface area contributed by atoms with Crippen LogP contribution >= 0.6 is 37.2 Å². The average molecular weight is 494 g/mol. The van der Waals surface area contributed by atoms with Gasteiger partial charge >= 0.3 is 0 Å². The number of rotatable bonds is 5. The summed E-state index contributed by atoms with van der Waals surface area (Å²) in [5, 5.41) is 6.17. The highest BCUT2D eigenvalue weighted by atomic mass is 35.5. The summed E-state index contributed by atoms with van der Waals surface area (Å²) in [6.45, 7) is 4.63. The monoisotopic (exact) mass is 492 g/mol. The van der Waals surface area contributed by atoms with Crippen molar-refractivity contribution in [2.45, 2.75) is 12.5 Å². The van der Waals surface area contributed by atoms with Crippen LogP contribution in [0.2, 0.25) is 0 Å². The second-order valence-electron chi connectivity index (χ2n) is 7.63. The number of aromatic nitrogens is 1. The number of nitrogens with one attached hydrogen (secondary N) is 1. The van der Waals surface area contributed by atoms with Crippen molar-refractivity contribution in [3.63, 3.8) is 0 Å². The van der Waals surface area contributed by atoms with Gasteiger partial charge in [-0.3, -0.25) is 9.88 Å². The van der Waals surface area contributed by atoms with Crippen molar-refractivity contribution >= 4 is 53.7 Å². The van der Waals surface area contributed by atoms with E-state index in [0.717, 1.165) is 38.3 Å². The molecule has 2 heterocycles. The molecule has 3 aromatic rings. The highest BCUT2D eigenvalue weighted by molar-refractivity contribution is 5.86. The van der Waals surface area contributed by atoms with E-state index < -0.39 is 0 Å². The molecule has 1 N–H and O–H groups in total. The summed E-state index contributed by atoms with van der Waals surface area (Å²) in [5.41, 5.74) is 2.49. The summed E-state index contributed by atoms with van der Waals surface area (Å²) in [5.74, 6) is 6.71. The molecule has 1 aliphatic heterocycles. The SMILES string of the molecule is CN(CC#CCN1CCNCC1Cc1ccc2ccccc2c1)c1cccnc1.Cl.Cl.Cl. The minimum absolute atomic E-state index is 0. The summed E-state index contributed by atoms with van der Waals surface area (Å²) in [6, 6.07) is 19.9. The largest absolute Gasteiger partial charge is 0.362 e. The van der Waals surface area contributed by atoms with Gasteiger partial charge in [0.1, 0.15) is 0 Å². The van der Waals surface area contributed by atoms with Crippen LogP contribution in [0.15, 0.2) is 67.0 Å². The fraction of sp³-hybridized carbons (Fsp3) is 0.320. The van der Waals surface area contributed by atoms with E-state index in [9.17, 15) is 0 Å². The van der Waals surface area contributed by atoms with E-state index in [-0.39, 0.29) is 37.2 Å². The van der Waals surface area contributed by atoms with E-state index in [1.165, 1.54) is 16.3 Å². The van der Waals surface area contributed by atoms with Gasteiger partial charge < -0.3 is 10.2 Å². The van der Waals surface area contributed by atoms with Crippen LogP contribution < -0.4 is 10.2 Å². The highest BCUT2D eigenvalue weighted by Crippen LogP contribution is 2.18. The van der Waals surface area contributed by atoms with Crippen LogP contribution in [-0.4, -0.2) is 55.7 Å². The van der Waals surface area contributed by atoms with Gasteiger partial charge in [0.05, 0.1) is 25.0 Å². The van der Waals surface area contributed by atoms with Crippen LogP contribution in [0.5, 0.6) is 0 Å². The number of hydrogen-bond donors (Lipinski definition) is 1. The maximum Gasteiger partial charge on any atom is 0.0792 e. The maximum absolute atomic E-state index is 4.17. The van der Waals surface area contributed by atoms with Crippen molar-refractivity contribution in [1.29, 1.82) is 0 Å². The van der Waals surface area contributed by atoms with Crippen molar-refractivity contribution in [2.24, 2.45) is 0 Å². The van der Waals surface area contributed by atoms with Crippen LogP contribution in [0.3, 0.4) is 0 Å². The highest BCUT2D eigenvalue weighted by Gasteiger charge is 2.21. The molecular formula is C25H31Cl3N4. The fourth-order valence-corrected chi connectivity index (χ4v) is 3.85. The molecule has 4 rings (SSSR count). The molecule has 1 fully saturated rings. The Morgan fingerprint density at radius 1 is 1.03 bits per heavy atom. The van der Waals surface area contributed by atoms with E-state index in [1.54, 1.807) is 6.20 Å². The molecule has 7 heteroatoms. The fourth-order valence-electron chi connectivity index (χ4n) is 3.85. The molecule has 1 aromatic heterocycles. The molecule has 0 spiro atoms.